The molecule has 2 heterocycles. The van der Waals surface area contributed by atoms with E-state index in [0.29, 0.717) is 18.1 Å². The summed E-state index contributed by atoms with van der Waals surface area (Å²) in [6, 6.07) is 16.7. The topological polar surface area (TPSA) is 116 Å². The molecule has 2 N–H and O–H groups in total. The van der Waals surface area contributed by atoms with Crippen molar-refractivity contribution in [3.63, 3.8) is 0 Å². The molecular formula is C23H20N2O7. The molecule has 2 amide bonds. The highest BCUT2D eigenvalue weighted by molar-refractivity contribution is 6.06. The summed E-state index contributed by atoms with van der Waals surface area (Å²) in [5, 5.41) is 5.25. The molecule has 1 aliphatic heterocycles. The molecule has 3 aromatic rings. The summed E-state index contributed by atoms with van der Waals surface area (Å²) in [6.07, 6.45) is 1.01. The molecule has 1 aromatic heterocycles. The summed E-state index contributed by atoms with van der Waals surface area (Å²) in [5.74, 6) is -0.382. The second kappa shape index (κ2) is 9.69. The number of hydrogen-bond acceptors (Lipinski definition) is 7. The minimum atomic E-state index is -0.748. The van der Waals surface area contributed by atoms with Crippen LogP contribution < -0.4 is 20.1 Å². The summed E-state index contributed by atoms with van der Waals surface area (Å²) in [6.45, 7) is 0.00376. The minimum absolute atomic E-state index is 0.101. The van der Waals surface area contributed by atoms with E-state index in [1.807, 2.05) is 12.1 Å². The van der Waals surface area contributed by atoms with E-state index in [-0.39, 0.29) is 29.7 Å². The number of furan rings is 1. The smallest absolute Gasteiger partial charge is 0.340 e. The molecule has 0 aliphatic carbocycles. The van der Waals surface area contributed by atoms with Crippen molar-refractivity contribution in [2.75, 3.05) is 25.1 Å². The molecular weight excluding hydrogens is 416 g/mol. The number of carbonyl (C=O) groups is 3. The lowest BCUT2D eigenvalue weighted by Gasteiger charge is -2.26. The van der Waals surface area contributed by atoms with Gasteiger partial charge in [0.15, 0.2) is 23.9 Å². The summed E-state index contributed by atoms with van der Waals surface area (Å²) in [4.78, 5) is 36.8. The van der Waals surface area contributed by atoms with E-state index in [9.17, 15) is 14.4 Å². The van der Waals surface area contributed by atoms with Crippen LogP contribution >= 0.6 is 0 Å². The molecule has 9 nitrogen and oxygen atoms in total. The zero-order valence-electron chi connectivity index (χ0n) is 16.9. The molecule has 0 saturated heterocycles. The largest absolute Gasteiger partial charge is 0.486 e. The third-order valence-electron chi connectivity index (χ3n) is 4.57. The molecule has 0 spiro atoms. The summed E-state index contributed by atoms with van der Waals surface area (Å²) >= 11 is 0. The highest BCUT2D eigenvalue weighted by atomic mass is 16.6. The van der Waals surface area contributed by atoms with E-state index in [1.54, 1.807) is 36.4 Å². The van der Waals surface area contributed by atoms with Crippen LogP contribution in [0.5, 0.6) is 11.5 Å². The average molecular weight is 436 g/mol. The van der Waals surface area contributed by atoms with Gasteiger partial charge in [-0.15, -0.1) is 0 Å². The van der Waals surface area contributed by atoms with Crippen LogP contribution in [0.15, 0.2) is 71.3 Å². The molecule has 2 aromatic carbocycles. The first-order chi connectivity index (χ1) is 15.6. The van der Waals surface area contributed by atoms with E-state index in [4.69, 9.17) is 18.6 Å². The van der Waals surface area contributed by atoms with Gasteiger partial charge in [0.2, 0.25) is 0 Å². The van der Waals surface area contributed by atoms with E-state index in [0.717, 1.165) is 0 Å². The second-order valence-electron chi connectivity index (χ2n) is 6.85. The standard InChI is InChI=1S/C23H20N2O7/c26-21(24-12-15-13-30-18-8-3-4-9-19(18)32-15)14-31-23(28)16-6-1-2-7-17(16)25-22(27)20-10-5-11-29-20/h1-11,15H,12-14H2,(H,24,26)(H,25,27)/t15-/m1/s1. The number of rotatable bonds is 7. The highest BCUT2D eigenvalue weighted by Gasteiger charge is 2.22. The third-order valence-corrected chi connectivity index (χ3v) is 4.57. The van der Waals surface area contributed by atoms with E-state index >= 15 is 0 Å². The van der Waals surface area contributed by atoms with Crippen molar-refractivity contribution >= 4 is 23.5 Å². The molecule has 1 aliphatic rings. The first-order valence-electron chi connectivity index (χ1n) is 9.86. The van der Waals surface area contributed by atoms with Gasteiger partial charge in [0.1, 0.15) is 12.7 Å². The Kier molecular flexibility index (Phi) is 6.35. The van der Waals surface area contributed by atoms with Gasteiger partial charge < -0.3 is 29.3 Å². The van der Waals surface area contributed by atoms with Crippen molar-refractivity contribution in [2.24, 2.45) is 0 Å². The fourth-order valence-corrected chi connectivity index (χ4v) is 3.01. The molecule has 0 saturated carbocycles. The van der Waals surface area contributed by atoms with Crippen LogP contribution in [0.2, 0.25) is 0 Å². The Morgan fingerprint density at radius 1 is 0.969 bits per heavy atom. The fourth-order valence-electron chi connectivity index (χ4n) is 3.01. The molecule has 32 heavy (non-hydrogen) atoms. The van der Waals surface area contributed by atoms with Crippen LogP contribution in [-0.4, -0.2) is 43.6 Å². The van der Waals surface area contributed by atoms with Crippen molar-refractivity contribution < 1.29 is 33.0 Å². The number of amides is 2. The first kappa shape index (κ1) is 21.0. The third kappa shape index (κ3) is 5.07. The maximum atomic E-state index is 12.5. The number of esters is 1. The summed E-state index contributed by atoms with van der Waals surface area (Å²) in [5.41, 5.74) is 0.353. The number of ether oxygens (including phenoxy) is 3. The van der Waals surface area contributed by atoms with Crippen molar-refractivity contribution in [3.05, 3.63) is 78.3 Å². The van der Waals surface area contributed by atoms with Crippen LogP contribution in [-0.2, 0) is 9.53 Å². The predicted octanol–water partition coefficient (Wildman–Crippen LogP) is 2.64. The lowest BCUT2D eigenvalue weighted by molar-refractivity contribution is -0.124. The predicted molar refractivity (Wildman–Crippen MR) is 113 cm³/mol. The number of fused-ring (bicyclic) bond motifs is 1. The average Bonchev–Trinajstić information content (AvgIpc) is 3.37. The highest BCUT2D eigenvalue weighted by Crippen LogP contribution is 2.30. The van der Waals surface area contributed by atoms with Crippen LogP contribution in [0.1, 0.15) is 20.9 Å². The molecule has 9 heteroatoms. The number of para-hydroxylation sites is 3. The summed E-state index contributed by atoms with van der Waals surface area (Å²) in [7, 11) is 0. The molecule has 0 radical (unpaired) electrons. The van der Waals surface area contributed by atoms with Gasteiger partial charge in [-0.05, 0) is 36.4 Å². The quantitative estimate of drug-likeness (QED) is 0.547. The molecule has 0 bridgehead atoms. The molecule has 1 atom stereocenters. The van der Waals surface area contributed by atoms with Gasteiger partial charge in [-0.3, -0.25) is 9.59 Å². The van der Waals surface area contributed by atoms with Gasteiger partial charge >= 0.3 is 5.97 Å². The Bertz CT molecular complexity index is 1110. The number of benzene rings is 2. The zero-order chi connectivity index (χ0) is 22.3. The number of hydrogen-bond donors (Lipinski definition) is 2. The molecule has 164 valence electrons. The Morgan fingerprint density at radius 3 is 2.56 bits per heavy atom. The zero-order valence-corrected chi connectivity index (χ0v) is 16.9. The Balaban J connectivity index is 1.27. The van der Waals surface area contributed by atoms with E-state index < -0.39 is 24.4 Å². The van der Waals surface area contributed by atoms with Crippen molar-refractivity contribution in [3.8, 4) is 11.5 Å². The molecule has 4 rings (SSSR count). The number of anilines is 1. The van der Waals surface area contributed by atoms with Crippen molar-refractivity contribution in [1.82, 2.24) is 5.32 Å². The Labute approximate surface area is 183 Å². The SMILES string of the molecule is O=C(COC(=O)c1ccccc1NC(=O)c1ccco1)NC[C@@H]1COc2ccccc2O1. The fraction of sp³-hybridized carbons (Fsp3) is 0.174. The van der Waals surface area contributed by atoms with Crippen LogP contribution in [0.3, 0.4) is 0 Å². The number of carbonyl (C=O) groups excluding carboxylic acids is 3. The molecule has 0 unspecified atom stereocenters. The van der Waals surface area contributed by atoms with Crippen molar-refractivity contribution in [2.45, 2.75) is 6.10 Å². The lowest BCUT2D eigenvalue weighted by atomic mass is 10.1. The summed E-state index contributed by atoms with van der Waals surface area (Å²) < 4.78 is 21.5. The minimum Gasteiger partial charge on any atom is -0.486 e. The maximum Gasteiger partial charge on any atom is 0.340 e. The normalized spacial score (nSPS) is 14.3. The number of nitrogens with one attached hydrogen (secondary N) is 2. The van der Waals surface area contributed by atoms with Gasteiger partial charge in [0.25, 0.3) is 11.8 Å². The second-order valence-corrected chi connectivity index (χ2v) is 6.85. The maximum absolute atomic E-state index is 12.5. The van der Waals surface area contributed by atoms with Gasteiger partial charge in [0, 0.05) is 0 Å². The van der Waals surface area contributed by atoms with Gasteiger partial charge in [-0.2, -0.15) is 0 Å². The van der Waals surface area contributed by atoms with Crippen LogP contribution in [0, 0.1) is 0 Å². The molecule has 0 fully saturated rings. The van der Waals surface area contributed by atoms with E-state index in [1.165, 1.54) is 18.4 Å². The first-order valence-corrected chi connectivity index (χ1v) is 9.86. The lowest BCUT2D eigenvalue weighted by Crippen LogP contribution is -2.42. The van der Waals surface area contributed by atoms with Crippen LogP contribution in [0.4, 0.5) is 5.69 Å². The van der Waals surface area contributed by atoms with Crippen LogP contribution in [0.25, 0.3) is 0 Å². The van der Waals surface area contributed by atoms with Crippen molar-refractivity contribution in [1.29, 1.82) is 0 Å². The monoisotopic (exact) mass is 436 g/mol. The Hall–Kier alpha value is -4.27. The van der Waals surface area contributed by atoms with Gasteiger partial charge in [0.05, 0.1) is 24.1 Å². The Morgan fingerprint density at radius 2 is 1.75 bits per heavy atom. The van der Waals surface area contributed by atoms with E-state index in [2.05, 4.69) is 10.6 Å². The van der Waals surface area contributed by atoms with Gasteiger partial charge in [-0.25, -0.2) is 4.79 Å². The van der Waals surface area contributed by atoms with Gasteiger partial charge in [-0.1, -0.05) is 24.3 Å².